The Labute approximate surface area is 121 Å². The van der Waals surface area contributed by atoms with Gasteiger partial charge in [0, 0.05) is 24.5 Å². The van der Waals surface area contributed by atoms with Crippen LogP contribution in [0.4, 0.5) is 11.4 Å². The first-order chi connectivity index (χ1) is 9.18. The Morgan fingerprint density at radius 2 is 1.75 bits per heavy atom. The molecular formula is C14H23N3O2S. The Morgan fingerprint density at radius 1 is 1.20 bits per heavy atom. The molecular weight excluding hydrogens is 274 g/mol. The summed E-state index contributed by atoms with van der Waals surface area (Å²) in [7, 11) is -3.75. The van der Waals surface area contributed by atoms with Gasteiger partial charge in [-0.3, -0.25) is 0 Å². The van der Waals surface area contributed by atoms with E-state index in [4.69, 9.17) is 10.9 Å². The van der Waals surface area contributed by atoms with Crippen LogP contribution in [-0.2, 0) is 10.0 Å². The number of anilines is 2. The third kappa shape index (κ3) is 3.07. The predicted octanol–water partition coefficient (Wildman–Crippen LogP) is 1.71. The van der Waals surface area contributed by atoms with E-state index in [1.807, 2.05) is 6.07 Å². The molecule has 1 aliphatic rings. The zero-order chi connectivity index (χ0) is 15.1. The van der Waals surface area contributed by atoms with Gasteiger partial charge in [0.15, 0.2) is 0 Å². The maximum atomic E-state index is 11.7. The number of benzene rings is 1. The highest BCUT2D eigenvalue weighted by Gasteiger charge is 2.25. The first kappa shape index (κ1) is 15.1. The zero-order valence-corrected chi connectivity index (χ0v) is 13.1. The van der Waals surface area contributed by atoms with E-state index in [2.05, 4.69) is 18.7 Å². The van der Waals surface area contributed by atoms with Gasteiger partial charge >= 0.3 is 0 Å². The number of rotatable bonds is 2. The van der Waals surface area contributed by atoms with Gasteiger partial charge in [-0.2, -0.15) is 0 Å². The molecule has 1 aromatic carbocycles. The fraction of sp³-hybridized carbons (Fsp3) is 0.571. The molecule has 0 spiro atoms. The topological polar surface area (TPSA) is 89.4 Å². The molecule has 1 fully saturated rings. The maximum absolute atomic E-state index is 11.7. The highest BCUT2D eigenvalue weighted by Crippen LogP contribution is 2.33. The molecule has 1 saturated heterocycles. The standard InChI is InChI=1S/C14H23N3O2S/c1-9-4-10(2)8-17(7-9)13-5-12(15)6-14(11(13)3)20(16,18)19/h5-6,9-10H,4,7-8,15H2,1-3H3,(H2,16,18,19). The number of nitrogens with two attached hydrogens (primary N) is 2. The number of nitrogens with zero attached hydrogens (tertiary/aromatic N) is 1. The minimum Gasteiger partial charge on any atom is -0.399 e. The van der Waals surface area contributed by atoms with E-state index in [1.54, 1.807) is 6.92 Å². The predicted molar refractivity (Wildman–Crippen MR) is 82.1 cm³/mol. The molecule has 2 rings (SSSR count). The van der Waals surface area contributed by atoms with E-state index >= 15 is 0 Å². The second-order valence-corrected chi connectivity index (χ2v) is 7.59. The van der Waals surface area contributed by atoms with Crippen LogP contribution in [0.3, 0.4) is 0 Å². The van der Waals surface area contributed by atoms with Gasteiger partial charge in [0.25, 0.3) is 0 Å². The fourth-order valence-corrected chi connectivity index (χ4v) is 4.01. The Bertz CT molecular complexity index is 603. The lowest BCUT2D eigenvalue weighted by atomic mass is 9.91. The Hall–Kier alpha value is -1.27. The molecule has 1 aliphatic heterocycles. The third-order valence-electron chi connectivity index (χ3n) is 3.87. The summed E-state index contributed by atoms with van der Waals surface area (Å²) in [5.74, 6) is 1.16. The van der Waals surface area contributed by atoms with Crippen molar-refractivity contribution < 1.29 is 8.42 Å². The lowest BCUT2D eigenvalue weighted by molar-refractivity contribution is 0.356. The molecule has 0 saturated carbocycles. The van der Waals surface area contributed by atoms with Gasteiger partial charge < -0.3 is 10.6 Å². The van der Waals surface area contributed by atoms with E-state index in [0.29, 0.717) is 23.1 Å². The minimum absolute atomic E-state index is 0.123. The van der Waals surface area contributed by atoms with Gasteiger partial charge in [-0.15, -0.1) is 0 Å². The molecule has 112 valence electrons. The molecule has 2 unspecified atom stereocenters. The van der Waals surface area contributed by atoms with Crippen LogP contribution in [0.1, 0.15) is 25.8 Å². The SMILES string of the molecule is Cc1c(N2CC(C)CC(C)C2)cc(N)cc1S(N)(=O)=O. The summed E-state index contributed by atoms with van der Waals surface area (Å²) in [5, 5.41) is 5.28. The van der Waals surface area contributed by atoms with Crippen LogP contribution < -0.4 is 15.8 Å². The number of piperidine rings is 1. The van der Waals surface area contributed by atoms with Crippen LogP contribution in [0.25, 0.3) is 0 Å². The monoisotopic (exact) mass is 297 g/mol. The van der Waals surface area contributed by atoms with Crippen molar-refractivity contribution in [1.82, 2.24) is 0 Å². The minimum atomic E-state index is -3.75. The summed E-state index contributed by atoms with van der Waals surface area (Å²) >= 11 is 0. The van der Waals surface area contributed by atoms with Crippen molar-refractivity contribution in [1.29, 1.82) is 0 Å². The molecule has 0 amide bonds. The summed E-state index contributed by atoms with van der Waals surface area (Å²) in [6, 6.07) is 3.28. The van der Waals surface area contributed by atoms with Crippen LogP contribution in [-0.4, -0.2) is 21.5 Å². The van der Waals surface area contributed by atoms with Crippen LogP contribution in [0, 0.1) is 18.8 Å². The number of primary sulfonamides is 1. The Kier molecular flexibility index (Phi) is 3.97. The van der Waals surface area contributed by atoms with Gasteiger partial charge in [0.1, 0.15) is 0 Å². The first-order valence-electron chi connectivity index (χ1n) is 6.86. The van der Waals surface area contributed by atoms with Crippen molar-refractivity contribution in [2.24, 2.45) is 17.0 Å². The molecule has 5 nitrogen and oxygen atoms in total. The lowest BCUT2D eigenvalue weighted by Crippen LogP contribution is -2.39. The van der Waals surface area contributed by atoms with E-state index in [1.165, 1.54) is 12.5 Å². The summed E-state index contributed by atoms with van der Waals surface area (Å²) in [5.41, 5.74) is 7.85. The number of nitrogen functional groups attached to an aromatic ring is 1. The zero-order valence-electron chi connectivity index (χ0n) is 12.3. The van der Waals surface area contributed by atoms with Gasteiger partial charge in [-0.05, 0) is 42.9 Å². The summed E-state index contributed by atoms with van der Waals surface area (Å²) in [4.78, 5) is 2.34. The first-order valence-corrected chi connectivity index (χ1v) is 8.41. The fourth-order valence-electron chi connectivity index (χ4n) is 3.18. The van der Waals surface area contributed by atoms with Crippen LogP contribution in [0.2, 0.25) is 0 Å². The molecule has 6 heteroatoms. The summed E-state index contributed by atoms with van der Waals surface area (Å²) in [6.45, 7) is 8.05. The highest BCUT2D eigenvalue weighted by atomic mass is 32.2. The lowest BCUT2D eigenvalue weighted by Gasteiger charge is -2.37. The number of hydrogen-bond donors (Lipinski definition) is 2. The highest BCUT2D eigenvalue weighted by molar-refractivity contribution is 7.89. The summed E-state index contributed by atoms with van der Waals surface area (Å²) in [6.07, 6.45) is 1.19. The van der Waals surface area contributed by atoms with Gasteiger partial charge in [-0.25, -0.2) is 13.6 Å². The van der Waals surface area contributed by atoms with E-state index in [9.17, 15) is 8.42 Å². The largest absolute Gasteiger partial charge is 0.399 e. The smallest absolute Gasteiger partial charge is 0.238 e. The van der Waals surface area contributed by atoms with Crippen molar-refractivity contribution >= 4 is 21.4 Å². The van der Waals surface area contributed by atoms with Crippen molar-refractivity contribution in [3.8, 4) is 0 Å². The molecule has 0 aromatic heterocycles. The van der Waals surface area contributed by atoms with E-state index < -0.39 is 10.0 Å². The summed E-state index contributed by atoms with van der Waals surface area (Å²) < 4.78 is 23.3. The van der Waals surface area contributed by atoms with Crippen molar-refractivity contribution in [2.75, 3.05) is 23.7 Å². The molecule has 0 radical (unpaired) electrons. The van der Waals surface area contributed by atoms with Crippen molar-refractivity contribution in [2.45, 2.75) is 32.1 Å². The molecule has 2 atom stereocenters. The van der Waals surface area contributed by atoms with Crippen molar-refractivity contribution in [3.63, 3.8) is 0 Å². The van der Waals surface area contributed by atoms with E-state index in [0.717, 1.165) is 18.8 Å². The molecule has 0 aliphatic carbocycles. The quantitative estimate of drug-likeness (QED) is 0.813. The Balaban J connectivity index is 2.49. The maximum Gasteiger partial charge on any atom is 0.238 e. The Morgan fingerprint density at radius 3 is 2.25 bits per heavy atom. The molecule has 0 bridgehead atoms. The van der Waals surface area contributed by atoms with Crippen LogP contribution in [0.15, 0.2) is 17.0 Å². The average Bonchev–Trinajstić information content (AvgIpc) is 2.29. The van der Waals surface area contributed by atoms with Crippen LogP contribution in [0.5, 0.6) is 0 Å². The van der Waals surface area contributed by atoms with E-state index in [-0.39, 0.29) is 4.90 Å². The number of hydrogen-bond acceptors (Lipinski definition) is 4. The van der Waals surface area contributed by atoms with Crippen molar-refractivity contribution in [3.05, 3.63) is 17.7 Å². The van der Waals surface area contributed by atoms with Gasteiger partial charge in [-0.1, -0.05) is 13.8 Å². The average molecular weight is 297 g/mol. The molecule has 1 aromatic rings. The molecule has 4 N–H and O–H groups in total. The number of sulfonamides is 1. The molecule has 20 heavy (non-hydrogen) atoms. The van der Waals surface area contributed by atoms with Crippen LogP contribution >= 0.6 is 0 Å². The van der Waals surface area contributed by atoms with Gasteiger partial charge in [0.05, 0.1) is 4.90 Å². The second-order valence-electron chi connectivity index (χ2n) is 6.06. The van der Waals surface area contributed by atoms with Gasteiger partial charge in [0.2, 0.25) is 10.0 Å². The third-order valence-corrected chi connectivity index (χ3v) is 4.91. The normalized spacial score (nSPS) is 23.9. The molecule has 1 heterocycles. The second kappa shape index (κ2) is 5.26.